The van der Waals surface area contributed by atoms with Crippen molar-refractivity contribution in [3.8, 4) is 34.8 Å². The van der Waals surface area contributed by atoms with Gasteiger partial charge in [0, 0.05) is 38.2 Å². The van der Waals surface area contributed by atoms with E-state index in [2.05, 4.69) is 36.1 Å². The van der Waals surface area contributed by atoms with E-state index in [-0.39, 0.29) is 28.4 Å². The van der Waals surface area contributed by atoms with Gasteiger partial charge in [-0.1, -0.05) is 383 Å². The first-order valence-corrected chi connectivity index (χ1v) is 55.6. The number of ether oxygens (including phenoxy) is 12. The van der Waals surface area contributed by atoms with Crippen molar-refractivity contribution < 1.29 is 95.1 Å². The molecule has 2 aromatic heterocycles. The number of benzene rings is 5. The second-order valence-corrected chi connectivity index (χ2v) is 40.6. The zero-order valence-electron chi connectivity index (χ0n) is 87.1. The van der Waals surface area contributed by atoms with Gasteiger partial charge in [-0.25, -0.2) is 19.2 Å². The standard InChI is InChI=1S/C114H167N6O23P/c1-8-11-14-17-20-23-26-29-32-35-38-41-44-47-50-59-80-134-96-84-90(85-97(135-81-60-51-48-45-42-39-36-33-30-27-24-21-18-15-12-9-2)103(96)136-82-61-52-49-46-43-40-37-34-31-28-25-22-19-16-13-10-3)109(124)137-88-102(122)143-113(127)98(141-107(104(113)132-6)119-78-75-100(117-110(119)125)116-106(123)89-63-55-53-56-64-89)87-140-144(129,139-83-62-77-115)114(128)99(142-108(105(114)133-7)120-79-76-101(121)118-111(120)126)86-138-112(91-65-57-54-58-66-91,92-67-71-94(130-4)72-68-92)93-69-73-95(131-5)74-70-93/h53-58,63-76,78-79,84-85,98-99,104-105,107-108,127-128H,8-52,59-62,80-83,86-88H2,1-7H3,(H,118,121,126)(H,116,117,123,125)/t98-,99-,104+,105+,107-,108-,113+,114+,144?/m1/s1. The van der Waals surface area contributed by atoms with Crippen LogP contribution >= 0.6 is 7.60 Å². The summed E-state index contributed by atoms with van der Waals surface area (Å²) < 4.78 is 107. The molecule has 144 heavy (non-hydrogen) atoms. The molecule has 9 rings (SSSR count). The number of esters is 2. The van der Waals surface area contributed by atoms with E-state index in [1.165, 1.54) is 264 Å². The first-order chi connectivity index (χ1) is 70.3. The molecule has 29 nitrogen and oxygen atoms in total. The molecule has 30 heteroatoms. The molecular formula is C114H167N6O23P. The zero-order chi connectivity index (χ0) is 103. The number of anilines is 1. The van der Waals surface area contributed by atoms with Gasteiger partial charge in [-0.2, -0.15) is 10.2 Å². The van der Waals surface area contributed by atoms with E-state index >= 15 is 14.2 Å². The zero-order valence-corrected chi connectivity index (χ0v) is 88.0. The third-order valence-corrected chi connectivity index (χ3v) is 29.9. The number of aromatic amines is 1. The highest BCUT2D eigenvalue weighted by Crippen LogP contribution is 2.67. The Bertz CT molecular complexity index is 4950. The minimum absolute atomic E-state index is 0.0697. The largest absolute Gasteiger partial charge is 0.497 e. The second-order valence-electron chi connectivity index (χ2n) is 38.4. The van der Waals surface area contributed by atoms with Crippen LogP contribution < -0.4 is 45.9 Å². The predicted molar refractivity (Wildman–Crippen MR) is 559 cm³/mol. The number of methoxy groups -OCH3 is 4. The average Bonchev–Trinajstić information content (AvgIpc) is 1.53. The molecule has 2 saturated heterocycles. The number of nitrogens with one attached hydrogen (secondary N) is 2. The van der Waals surface area contributed by atoms with Crippen LogP contribution in [-0.4, -0.2) is 157 Å². The lowest BCUT2D eigenvalue weighted by molar-refractivity contribution is -0.260. The summed E-state index contributed by atoms with van der Waals surface area (Å²) in [7, 11) is -0.512. The highest BCUT2D eigenvalue weighted by atomic mass is 31.2. The summed E-state index contributed by atoms with van der Waals surface area (Å²) >= 11 is 0. The van der Waals surface area contributed by atoms with Crippen molar-refractivity contribution in [1.82, 2.24) is 19.1 Å². The van der Waals surface area contributed by atoms with Gasteiger partial charge in [0.05, 0.1) is 71.9 Å². The Morgan fingerprint density at radius 3 is 1.29 bits per heavy atom. The number of aromatic nitrogens is 4. The van der Waals surface area contributed by atoms with Crippen LogP contribution in [0.3, 0.4) is 0 Å². The first-order valence-electron chi connectivity index (χ1n) is 54.1. The minimum atomic E-state index is -5.74. The number of aliphatic hydroxyl groups is 2. The number of hydrogen-bond acceptors (Lipinski definition) is 25. The fourth-order valence-electron chi connectivity index (χ4n) is 19.2. The number of nitriles is 1. The summed E-state index contributed by atoms with van der Waals surface area (Å²) in [5.74, 6) is -4.68. The van der Waals surface area contributed by atoms with Gasteiger partial charge in [-0.15, -0.1) is 0 Å². The molecule has 7 aromatic rings. The van der Waals surface area contributed by atoms with Gasteiger partial charge in [-0.05, 0) is 90.6 Å². The Labute approximate surface area is 854 Å². The minimum Gasteiger partial charge on any atom is -0.497 e. The SMILES string of the molecule is CCCCCCCCCCCCCCCCCCOc1cc(C(=O)OCC(=O)O[C@@]2(O)[C@@H](COP(=O)(OCCC#N)[C@@]3(O)[C@@H](COC(c4ccccc4)(c4ccc(OC)cc4)c4ccc(OC)cc4)O[C@@H](n4ccc(=O)[nH]c4=O)[C@@H]3OC)O[C@@H](n3ccc(NC(=O)c4ccccc4)nc3=O)[C@@H]2OC)cc(OCCCCCCCCCCCCCCCCCC)c1OCCCCCCCCCCCCCCCCCC. The molecule has 0 spiro atoms. The molecule has 4 heterocycles. The number of unbranched alkanes of at least 4 members (excludes halogenated alkanes) is 45. The molecule has 0 aliphatic carbocycles. The van der Waals surface area contributed by atoms with Crippen LogP contribution in [0.1, 0.15) is 385 Å². The quantitative estimate of drug-likeness (QED) is 0.00904. The molecule has 5 aromatic carbocycles. The van der Waals surface area contributed by atoms with Crippen LogP contribution in [0.2, 0.25) is 0 Å². The summed E-state index contributed by atoms with van der Waals surface area (Å²) in [6, 6.07) is 38.3. The second kappa shape index (κ2) is 66.6. The molecule has 9 atom stereocenters. The number of H-pyrrole nitrogens is 1. The van der Waals surface area contributed by atoms with E-state index in [1.54, 1.807) is 109 Å². The Kier molecular flexibility index (Phi) is 54.6. The highest BCUT2D eigenvalue weighted by molar-refractivity contribution is 7.55. The van der Waals surface area contributed by atoms with Crippen LogP contribution in [0.25, 0.3) is 0 Å². The Hall–Kier alpha value is -9.57. The fraction of sp³-hybridized carbons (Fsp3) is 0.632. The number of amides is 1. The van der Waals surface area contributed by atoms with Crippen LogP contribution in [0.15, 0.2) is 160 Å². The third kappa shape index (κ3) is 37.1. The van der Waals surface area contributed by atoms with E-state index in [4.69, 9.17) is 65.9 Å². The lowest BCUT2D eigenvalue weighted by Gasteiger charge is -2.41. The monoisotopic (exact) mass is 2020 g/mol. The van der Waals surface area contributed by atoms with Crippen molar-refractivity contribution in [1.29, 1.82) is 5.26 Å². The summed E-state index contributed by atoms with van der Waals surface area (Å²) in [5.41, 5.74) is -3.00. The summed E-state index contributed by atoms with van der Waals surface area (Å²) in [4.78, 5) is 91.3. The van der Waals surface area contributed by atoms with Gasteiger partial charge in [0.1, 0.15) is 35.1 Å². The predicted octanol–water partition coefficient (Wildman–Crippen LogP) is 24.7. The van der Waals surface area contributed by atoms with Crippen LogP contribution in [0, 0.1) is 11.3 Å². The molecule has 796 valence electrons. The molecule has 0 radical (unpaired) electrons. The van der Waals surface area contributed by atoms with Crippen molar-refractivity contribution in [3.05, 3.63) is 205 Å². The normalized spacial score (nSPS) is 18.2. The summed E-state index contributed by atoms with van der Waals surface area (Å²) in [6.45, 7) is 3.68. The van der Waals surface area contributed by atoms with E-state index in [0.29, 0.717) is 53.8 Å². The molecule has 2 fully saturated rings. The van der Waals surface area contributed by atoms with Gasteiger partial charge < -0.3 is 81.4 Å². The number of rotatable bonds is 79. The lowest BCUT2D eigenvalue weighted by atomic mass is 9.80. The van der Waals surface area contributed by atoms with Gasteiger partial charge in [-0.3, -0.25) is 28.3 Å². The number of carbonyl (C=O) groups excluding carboxylic acids is 3. The molecule has 0 bridgehead atoms. The van der Waals surface area contributed by atoms with Crippen molar-refractivity contribution >= 4 is 31.3 Å². The maximum Gasteiger partial charge on any atom is 0.367 e. The van der Waals surface area contributed by atoms with E-state index in [1.807, 2.05) is 6.07 Å². The number of hydrogen-bond donors (Lipinski definition) is 4. The smallest absolute Gasteiger partial charge is 0.367 e. The van der Waals surface area contributed by atoms with Gasteiger partial charge >= 0.3 is 30.9 Å². The third-order valence-electron chi connectivity index (χ3n) is 27.4. The van der Waals surface area contributed by atoms with E-state index in [9.17, 15) is 34.7 Å². The molecule has 1 unspecified atom stereocenters. The van der Waals surface area contributed by atoms with Crippen LogP contribution in [0.5, 0.6) is 28.7 Å². The molecule has 2 aliphatic rings. The Morgan fingerprint density at radius 2 is 0.875 bits per heavy atom. The Morgan fingerprint density at radius 1 is 0.472 bits per heavy atom. The topological polar surface area (TPSA) is 364 Å². The summed E-state index contributed by atoms with van der Waals surface area (Å²) in [6.07, 6.45) is 47.6. The van der Waals surface area contributed by atoms with Gasteiger partial charge in [0.25, 0.3) is 17.3 Å². The maximum absolute atomic E-state index is 17.0. The fourth-order valence-corrected chi connectivity index (χ4v) is 21.4. The average molecular weight is 2020 g/mol. The van der Waals surface area contributed by atoms with Crippen molar-refractivity contribution in [3.63, 3.8) is 0 Å². The van der Waals surface area contributed by atoms with Crippen LogP contribution in [-0.2, 0) is 57.2 Å². The first kappa shape index (κ1) is 118. The maximum atomic E-state index is 17.0. The van der Waals surface area contributed by atoms with Gasteiger partial charge in [0.15, 0.2) is 42.8 Å². The Balaban J connectivity index is 1.01. The molecular weight excluding hydrogens is 1850 g/mol. The molecule has 1 amide bonds. The van der Waals surface area contributed by atoms with E-state index in [0.717, 1.165) is 119 Å². The molecule has 0 saturated carbocycles. The van der Waals surface area contributed by atoms with Gasteiger partial charge in [0.2, 0.25) is 11.1 Å². The van der Waals surface area contributed by atoms with Crippen LogP contribution in [0.4, 0.5) is 5.82 Å². The van der Waals surface area contributed by atoms with Crippen molar-refractivity contribution in [2.75, 3.05) is 80.0 Å². The highest BCUT2D eigenvalue weighted by Gasteiger charge is 2.71. The number of carbonyl (C=O) groups is 3. The van der Waals surface area contributed by atoms with Crippen molar-refractivity contribution in [2.45, 2.75) is 389 Å². The molecule has 2 aliphatic heterocycles. The lowest BCUT2D eigenvalue weighted by Crippen LogP contribution is -2.55. The van der Waals surface area contributed by atoms with Crippen molar-refractivity contribution in [2.24, 2.45) is 0 Å². The molecule has 4 N–H and O–H groups in total. The van der Waals surface area contributed by atoms with E-state index < -0.39 is 129 Å². The number of nitrogens with zero attached hydrogens (tertiary/aromatic N) is 4. The summed E-state index contributed by atoms with van der Waals surface area (Å²) in [5, 5.41) is 37.3.